The summed E-state index contributed by atoms with van der Waals surface area (Å²) in [4.78, 5) is 15.9. The highest BCUT2D eigenvalue weighted by atomic mass is 16.2. The number of carbonyl (C=O) groups excluding carboxylic acids is 1. The van der Waals surface area contributed by atoms with Gasteiger partial charge in [-0.2, -0.15) is 0 Å². The van der Waals surface area contributed by atoms with Crippen molar-refractivity contribution in [1.29, 1.82) is 5.41 Å². The molecule has 0 spiro atoms. The van der Waals surface area contributed by atoms with Crippen LogP contribution in [-0.4, -0.2) is 47.7 Å². The minimum absolute atomic E-state index is 0.0821. The van der Waals surface area contributed by atoms with E-state index in [-0.39, 0.29) is 17.4 Å². The second-order valence-corrected chi connectivity index (χ2v) is 7.71. The highest BCUT2D eigenvalue weighted by molar-refractivity contribution is 5.88. The van der Waals surface area contributed by atoms with E-state index in [2.05, 4.69) is 38.1 Å². The van der Waals surface area contributed by atoms with E-state index in [1.165, 1.54) is 24.0 Å². The minimum Gasteiger partial charge on any atom is -0.349 e. The SMILES string of the molecule is Cc1cccc(C2(CC(=N)N3CC(=O)N(C)[C@@H](C)C3)CCCC2)c1. The lowest BCUT2D eigenvalue weighted by molar-refractivity contribution is -0.135. The number of nitrogens with one attached hydrogen (secondary N) is 1. The van der Waals surface area contributed by atoms with E-state index in [0.717, 1.165) is 25.8 Å². The first kappa shape index (κ1) is 17.0. The Morgan fingerprint density at radius 1 is 1.33 bits per heavy atom. The van der Waals surface area contributed by atoms with Crippen molar-refractivity contribution >= 4 is 11.7 Å². The highest BCUT2D eigenvalue weighted by Gasteiger charge is 2.39. The summed E-state index contributed by atoms with van der Waals surface area (Å²) >= 11 is 0. The third-order valence-electron chi connectivity index (χ3n) is 5.94. The van der Waals surface area contributed by atoms with Gasteiger partial charge in [-0.05, 0) is 32.3 Å². The molecule has 4 nitrogen and oxygen atoms in total. The van der Waals surface area contributed by atoms with Crippen LogP contribution in [-0.2, 0) is 10.2 Å². The number of rotatable bonds is 3. The van der Waals surface area contributed by atoms with Gasteiger partial charge in [-0.3, -0.25) is 10.2 Å². The van der Waals surface area contributed by atoms with Crippen LogP contribution in [0, 0.1) is 12.3 Å². The van der Waals surface area contributed by atoms with Crippen LogP contribution in [0.5, 0.6) is 0 Å². The van der Waals surface area contributed by atoms with Crippen molar-refractivity contribution in [3.8, 4) is 0 Å². The van der Waals surface area contributed by atoms with E-state index in [0.29, 0.717) is 12.4 Å². The van der Waals surface area contributed by atoms with Gasteiger partial charge in [0.05, 0.1) is 12.4 Å². The summed E-state index contributed by atoms with van der Waals surface area (Å²) < 4.78 is 0. The van der Waals surface area contributed by atoms with E-state index in [4.69, 9.17) is 5.41 Å². The van der Waals surface area contributed by atoms with Crippen molar-refractivity contribution in [2.45, 2.75) is 57.4 Å². The molecule has 0 unspecified atom stereocenters. The maximum atomic E-state index is 12.1. The Morgan fingerprint density at radius 2 is 2.04 bits per heavy atom. The van der Waals surface area contributed by atoms with Gasteiger partial charge in [-0.15, -0.1) is 0 Å². The van der Waals surface area contributed by atoms with E-state index < -0.39 is 0 Å². The molecule has 2 aliphatic rings. The van der Waals surface area contributed by atoms with Gasteiger partial charge in [-0.25, -0.2) is 0 Å². The third kappa shape index (κ3) is 3.19. The van der Waals surface area contributed by atoms with Crippen LogP contribution in [0.2, 0.25) is 0 Å². The second-order valence-electron chi connectivity index (χ2n) is 7.71. The molecule has 1 aromatic rings. The van der Waals surface area contributed by atoms with Crippen LogP contribution in [0.25, 0.3) is 0 Å². The Labute approximate surface area is 145 Å². The van der Waals surface area contributed by atoms with Gasteiger partial charge in [0.2, 0.25) is 5.91 Å². The summed E-state index contributed by atoms with van der Waals surface area (Å²) in [6, 6.07) is 8.96. The number of carbonyl (C=O) groups is 1. The average molecular weight is 327 g/mol. The molecule has 1 N–H and O–H groups in total. The van der Waals surface area contributed by atoms with Gasteiger partial charge in [0, 0.05) is 31.5 Å². The molecule has 1 aliphatic carbocycles. The molecule has 4 heteroatoms. The third-order valence-corrected chi connectivity index (χ3v) is 5.94. The molecule has 1 aliphatic heterocycles. The lowest BCUT2D eigenvalue weighted by Gasteiger charge is -2.40. The normalized spacial score (nSPS) is 23.6. The Kier molecular flexibility index (Phi) is 4.66. The molecule has 1 heterocycles. The quantitative estimate of drug-likeness (QED) is 0.684. The smallest absolute Gasteiger partial charge is 0.242 e. The number of piperazine rings is 1. The van der Waals surface area contributed by atoms with Gasteiger partial charge in [0.25, 0.3) is 0 Å². The Balaban J connectivity index is 1.79. The number of amidine groups is 1. The molecule has 1 aromatic carbocycles. The lowest BCUT2D eigenvalue weighted by atomic mass is 9.75. The first-order valence-electron chi connectivity index (χ1n) is 9.06. The summed E-state index contributed by atoms with van der Waals surface area (Å²) in [6.07, 6.45) is 5.52. The molecule has 1 saturated carbocycles. The molecule has 0 aromatic heterocycles. The summed E-state index contributed by atoms with van der Waals surface area (Å²) in [5.41, 5.74) is 2.74. The molecule has 1 atom stereocenters. The fourth-order valence-electron chi connectivity index (χ4n) is 4.26. The van der Waals surface area contributed by atoms with Crippen LogP contribution in [0.3, 0.4) is 0 Å². The van der Waals surface area contributed by atoms with Crippen LogP contribution in [0.15, 0.2) is 24.3 Å². The summed E-state index contributed by atoms with van der Waals surface area (Å²) in [5, 5.41) is 8.68. The van der Waals surface area contributed by atoms with Gasteiger partial charge in [0.15, 0.2) is 0 Å². The second kappa shape index (κ2) is 6.58. The zero-order chi connectivity index (χ0) is 17.3. The zero-order valence-electron chi connectivity index (χ0n) is 15.1. The van der Waals surface area contributed by atoms with Crippen molar-refractivity contribution in [3.05, 3.63) is 35.4 Å². The predicted molar refractivity (Wildman–Crippen MR) is 97.5 cm³/mol. The van der Waals surface area contributed by atoms with E-state index in [1.807, 2.05) is 11.9 Å². The number of nitrogens with zero attached hydrogens (tertiary/aromatic N) is 2. The first-order chi connectivity index (χ1) is 11.4. The van der Waals surface area contributed by atoms with Crippen molar-refractivity contribution < 1.29 is 4.79 Å². The van der Waals surface area contributed by atoms with Gasteiger partial charge < -0.3 is 9.80 Å². The number of hydrogen-bond donors (Lipinski definition) is 1. The number of aryl methyl sites for hydroxylation is 1. The summed E-state index contributed by atoms with van der Waals surface area (Å²) in [5.74, 6) is 0.751. The maximum Gasteiger partial charge on any atom is 0.242 e. The van der Waals surface area contributed by atoms with Crippen LogP contribution in [0.4, 0.5) is 0 Å². The molecular formula is C20H29N3O. The zero-order valence-corrected chi connectivity index (χ0v) is 15.1. The Morgan fingerprint density at radius 3 is 2.67 bits per heavy atom. The van der Waals surface area contributed by atoms with Gasteiger partial charge >= 0.3 is 0 Å². The topological polar surface area (TPSA) is 47.4 Å². The van der Waals surface area contributed by atoms with Crippen molar-refractivity contribution in [2.75, 3.05) is 20.1 Å². The van der Waals surface area contributed by atoms with Crippen molar-refractivity contribution in [2.24, 2.45) is 0 Å². The molecule has 0 radical (unpaired) electrons. The summed E-state index contributed by atoms with van der Waals surface area (Å²) in [7, 11) is 1.86. The monoisotopic (exact) mass is 327 g/mol. The average Bonchev–Trinajstić information content (AvgIpc) is 3.02. The maximum absolute atomic E-state index is 12.1. The standard InChI is InChI=1S/C20H29N3O/c1-15-7-6-8-17(11-15)20(9-4-5-10-20)12-18(21)23-13-16(2)22(3)19(24)14-23/h6-8,11,16,21H,4-5,9-10,12-14H2,1-3H3/t16-/m0/s1. The van der Waals surface area contributed by atoms with E-state index in [9.17, 15) is 4.79 Å². The number of likely N-dealkylation sites (N-methyl/N-ethyl adjacent to an activating group) is 1. The van der Waals surface area contributed by atoms with Gasteiger partial charge in [-0.1, -0.05) is 42.7 Å². The van der Waals surface area contributed by atoms with Crippen molar-refractivity contribution in [1.82, 2.24) is 9.80 Å². The highest BCUT2D eigenvalue weighted by Crippen LogP contribution is 2.44. The minimum atomic E-state index is 0.0821. The predicted octanol–water partition coefficient (Wildman–Crippen LogP) is 3.34. The molecule has 2 fully saturated rings. The first-order valence-corrected chi connectivity index (χ1v) is 9.06. The van der Waals surface area contributed by atoms with Crippen LogP contribution in [0.1, 0.15) is 50.2 Å². The number of benzene rings is 1. The van der Waals surface area contributed by atoms with Crippen LogP contribution < -0.4 is 0 Å². The molecule has 1 saturated heterocycles. The van der Waals surface area contributed by atoms with Gasteiger partial charge in [0.1, 0.15) is 0 Å². The van der Waals surface area contributed by atoms with E-state index >= 15 is 0 Å². The molecule has 130 valence electrons. The number of hydrogen-bond acceptors (Lipinski definition) is 2. The Bertz CT molecular complexity index is 634. The fourth-order valence-corrected chi connectivity index (χ4v) is 4.26. The van der Waals surface area contributed by atoms with E-state index in [1.54, 1.807) is 4.90 Å². The molecule has 24 heavy (non-hydrogen) atoms. The largest absolute Gasteiger partial charge is 0.349 e. The summed E-state index contributed by atoms with van der Waals surface area (Å²) in [6.45, 7) is 5.32. The number of amides is 1. The molecule has 1 amide bonds. The lowest BCUT2D eigenvalue weighted by Crippen LogP contribution is -2.55. The van der Waals surface area contributed by atoms with Crippen LogP contribution >= 0.6 is 0 Å². The molecule has 0 bridgehead atoms. The fraction of sp³-hybridized carbons (Fsp3) is 0.600. The Hall–Kier alpha value is -1.84. The molecular weight excluding hydrogens is 298 g/mol. The van der Waals surface area contributed by atoms with Crippen molar-refractivity contribution in [3.63, 3.8) is 0 Å². The molecule has 3 rings (SSSR count).